The largest absolute Gasteiger partial charge is 0.458 e. The van der Waals surface area contributed by atoms with Crippen LogP contribution >= 0.6 is 11.5 Å². The fourth-order valence-electron chi connectivity index (χ4n) is 3.14. The first-order chi connectivity index (χ1) is 9.88. The highest BCUT2D eigenvalue weighted by molar-refractivity contribution is 7.09. The van der Waals surface area contributed by atoms with Crippen LogP contribution in [-0.2, 0) is 0 Å². The minimum Gasteiger partial charge on any atom is -0.458 e. The van der Waals surface area contributed by atoms with E-state index < -0.39 is 0 Å². The number of fused-ring (bicyclic) bond motifs is 3. The van der Waals surface area contributed by atoms with Gasteiger partial charge < -0.3 is 4.74 Å². The van der Waals surface area contributed by atoms with Crippen LogP contribution in [0.4, 0.5) is 0 Å². The van der Waals surface area contributed by atoms with Gasteiger partial charge in [-0.1, -0.05) is 30.3 Å². The van der Waals surface area contributed by atoms with Crippen LogP contribution < -0.4 is 4.74 Å². The van der Waals surface area contributed by atoms with Crippen molar-refractivity contribution in [1.29, 1.82) is 0 Å². The predicted octanol–water partition coefficient (Wildman–Crippen LogP) is 2.68. The molecule has 1 unspecified atom stereocenters. The van der Waals surface area contributed by atoms with Crippen molar-refractivity contribution in [1.82, 2.24) is 14.3 Å². The molecule has 0 spiro atoms. The SMILES string of the molecule is c1ccc(-c2nc(OC3CN4CCC3CC4)ns2)cc1. The molecule has 0 amide bonds. The topological polar surface area (TPSA) is 38.2 Å². The van der Waals surface area contributed by atoms with E-state index in [1.807, 2.05) is 18.2 Å². The molecule has 104 valence electrons. The Morgan fingerprint density at radius 2 is 1.95 bits per heavy atom. The van der Waals surface area contributed by atoms with Crippen molar-refractivity contribution >= 4 is 11.5 Å². The van der Waals surface area contributed by atoms with Gasteiger partial charge in [0, 0.05) is 12.1 Å². The summed E-state index contributed by atoms with van der Waals surface area (Å²) in [6.07, 6.45) is 2.77. The van der Waals surface area contributed by atoms with Gasteiger partial charge in [-0.2, -0.15) is 4.98 Å². The van der Waals surface area contributed by atoms with Gasteiger partial charge >= 0.3 is 6.01 Å². The van der Waals surface area contributed by atoms with Crippen molar-refractivity contribution in [3.63, 3.8) is 0 Å². The van der Waals surface area contributed by atoms with Gasteiger partial charge in [0.2, 0.25) is 0 Å². The zero-order valence-corrected chi connectivity index (χ0v) is 12.1. The zero-order valence-electron chi connectivity index (χ0n) is 11.2. The Morgan fingerprint density at radius 1 is 1.15 bits per heavy atom. The molecule has 3 saturated heterocycles. The molecule has 2 aromatic rings. The fourth-order valence-corrected chi connectivity index (χ4v) is 3.74. The van der Waals surface area contributed by atoms with Crippen LogP contribution in [0.1, 0.15) is 12.8 Å². The van der Waals surface area contributed by atoms with E-state index in [1.54, 1.807) is 0 Å². The highest BCUT2D eigenvalue weighted by atomic mass is 32.1. The second kappa shape index (κ2) is 5.14. The van der Waals surface area contributed by atoms with E-state index >= 15 is 0 Å². The lowest BCUT2D eigenvalue weighted by Gasteiger charge is -2.43. The normalized spacial score (nSPS) is 28.5. The van der Waals surface area contributed by atoms with Crippen LogP contribution in [0.15, 0.2) is 30.3 Å². The van der Waals surface area contributed by atoms with E-state index in [2.05, 4.69) is 26.4 Å². The van der Waals surface area contributed by atoms with E-state index in [9.17, 15) is 0 Å². The Morgan fingerprint density at radius 3 is 2.65 bits per heavy atom. The van der Waals surface area contributed by atoms with Crippen LogP contribution in [0.5, 0.6) is 6.01 Å². The number of hydrogen-bond donors (Lipinski definition) is 0. The summed E-state index contributed by atoms with van der Waals surface area (Å²) in [6, 6.07) is 10.7. The maximum Gasteiger partial charge on any atom is 0.329 e. The molecule has 1 aromatic heterocycles. The van der Waals surface area contributed by atoms with Gasteiger partial charge in [0.05, 0.1) is 0 Å². The molecule has 2 bridgehead atoms. The van der Waals surface area contributed by atoms with Crippen LogP contribution in [0.2, 0.25) is 0 Å². The number of aromatic nitrogens is 2. The maximum absolute atomic E-state index is 6.04. The molecule has 0 radical (unpaired) electrons. The molecule has 1 atom stereocenters. The predicted molar refractivity (Wildman–Crippen MR) is 78.9 cm³/mol. The van der Waals surface area contributed by atoms with Crippen LogP contribution in [0.3, 0.4) is 0 Å². The minimum absolute atomic E-state index is 0.274. The summed E-state index contributed by atoms with van der Waals surface area (Å²) < 4.78 is 10.4. The molecule has 0 saturated carbocycles. The van der Waals surface area contributed by atoms with Gasteiger partial charge in [0.15, 0.2) is 0 Å². The molecule has 0 aliphatic carbocycles. The second-order valence-electron chi connectivity index (χ2n) is 5.54. The van der Waals surface area contributed by atoms with Gasteiger partial charge in [-0.3, -0.25) is 4.90 Å². The van der Waals surface area contributed by atoms with Crippen LogP contribution in [0.25, 0.3) is 10.6 Å². The molecule has 20 heavy (non-hydrogen) atoms. The molecule has 4 nitrogen and oxygen atoms in total. The smallest absolute Gasteiger partial charge is 0.329 e. The number of nitrogens with zero attached hydrogens (tertiary/aromatic N) is 3. The van der Waals surface area contributed by atoms with Gasteiger partial charge in [0.25, 0.3) is 0 Å². The van der Waals surface area contributed by atoms with Crippen molar-refractivity contribution < 1.29 is 4.74 Å². The molecule has 3 aliphatic heterocycles. The Labute approximate surface area is 122 Å². The van der Waals surface area contributed by atoms with E-state index in [0.717, 1.165) is 17.1 Å². The summed E-state index contributed by atoms with van der Waals surface area (Å²) in [6.45, 7) is 3.49. The van der Waals surface area contributed by atoms with E-state index in [-0.39, 0.29) is 6.10 Å². The number of piperidine rings is 3. The lowest BCUT2D eigenvalue weighted by Crippen LogP contribution is -2.52. The molecule has 3 fully saturated rings. The summed E-state index contributed by atoms with van der Waals surface area (Å²) in [7, 11) is 0. The third-order valence-electron chi connectivity index (χ3n) is 4.28. The first kappa shape index (κ1) is 12.3. The molecule has 4 heterocycles. The quantitative estimate of drug-likeness (QED) is 0.870. The lowest BCUT2D eigenvalue weighted by atomic mass is 9.86. The molecule has 1 aromatic carbocycles. The number of rotatable bonds is 3. The summed E-state index contributed by atoms with van der Waals surface area (Å²) in [5.41, 5.74) is 1.11. The van der Waals surface area contributed by atoms with Crippen molar-refractivity contribution in [2.24, 2.45) is 5.92 Å². The summed E-state index contributed by atoms with van der Waals surface area (Å²) in [5.74, 6) is 0.684. The minimum atomic E-state index is 0.274. The van der Waals surface area contributed by atoms with Gasteiger partial charge in [0.1, 0.15) is 11.1 Å². The average molecular weight is 287 g/mol. The Bertz CT molecular complexity index is 578. The highest BCUT2D eigenvalue weighted by Crippen LogP contribution is 2.31. The lowest BCUT2D eigenvalue weighted by molar-refractivity contribution is -0.0117. The van der Waals surface area contributed by atoms with E-state index in [1.165, 1.54) is 37.5 Å². The maximum atomic E-state index is 6.04. The van der Waals surface area contributed by atoms with Crippen molar-refractivity contribution in [2.45, 2.75) is 18.9 Å². The molecular formula is C15H17N3OS. The molecule has 0 N–H and O–H groups in total. The number of ether oxygens (including phenoxy) is 1. The molecule has 3 aliphatic rings. The molecule has 5 heteroatoms. The van der Waals surface area contributed by atoms with E-state index in [4.69, 9.17) is 4.74 Å². The molecule has 5 rings (SSSR count). The van der Waals surface area contributed by atoms with Crippen LogP contribution in [0, 0.1) is 5.92 Å². The fraction of sp³-hybridized carbons (Fsp3) is 0.467. The Hall–Kier alpha value is -1.46. The van der Waals surface area contributed by atoms with Crippen molar-refractivity contribution in [2.75, 3.05) is 19.6 Å². The number of hydrogen-bond acceptors (Lipinski definition) is 5. The average Bonchev–Trinajstić information content (AvgIpc) is 2.98. The first-order valence-corrected chi connectivity index (χ1v) is 7.94. The van der Waals surface area contributed by atoms with Gasteiger partial charge in [-0.25, -0.2) is 0 Å². The summed E-state index contributed by atoms with van der Waals surface area (Å²) >= 11 is 1.41. The van der Waals surface area contributed by atoms with Crippen LogP contribution in [-0.4, -0.2) is 40.0 Å². The Kier molecular flexibility index (Phi) is 3.16. The highest BCUT2D eigenvalue weighted by Gasteiger charge is 2.36. The summed E-state index contributed by atoms with van der Waals surface area (Å²) in [4.78, 5) is 7.01. The van der Waals surface area contributed by atoms with Gasteiger partial charge in [-0.15, -0.1) is 4.37 Å². The van der Waals surface area contributed by atoms with E-state index in [0.29, 0.717) is 11.9 Å². The standard InChI is InChI=1S/C15H17N3OS/c1-2-4-12(5-3-1)14-16-15(17-20-14)19-13-10-18-8-6-11(13)7-9-18/h1-5,11,13H,6-10H2. The number of benzene rings is 1. The third kappa shape index (κ3) is 2.31. The van der Waals surface area contributed by atoms with Crippen molar-refractivity contribution in [3.05, 3.63) is 30.3 Å². The second-order valence-corrected chi connectivity index (χ2v) is 6.29. The molecular weight excluding hydrogens is 270 g/mol. The Balaban J connectivity index is 1.49. The summed E-state index contributed by atoms with van der Waals surface area (Å²) in [5, 5.41) is 0.932. The van der Waals surface area contributed by atoms with Crippen molar-refractivity contribution in [3.8, 4) is 16.6 Å². The monoisotopic (exact) mass is 287 g/mol. The third-order valence-corrected chi connectivity index (χ3v) is 5.03. The van der Waals surface area contributed by atoms with Gasteiger partial charge in [-0.05, 0) is 43.4 Å². The zero-order chi connectivity index (χ0) is 13.4. The first-order valence-electron chi connectivity index (χ1n) is 7.16.